The molecule has 0 fully saturated rings. The van der Waals surface area contributed by atoms with E-state index in [0.29, 0.717) is 6.61 Å². The minimum atomic E-state index is -2.11. The normalized spacial score (nSPS) is 13.0. The molecule has 0 aromatic rings. The maximum atomic E-state index is 9.08. The van der Waals surface area contributed by atoms with Crippen LogP contribution in [0.15, 0.2) is 7.67 Å². The summed E-state index contributed by atoms with van der Waals surface area (Å²) in [4.78, 5) is 0. The van der Waals surface area contributed by atoms with Crippen LogP contribution in [0.3, 0.4) is 0 Å². The third-order valence-corrected chi connectivity index (χ3v) is 26.8. The molecule has 0 radical (unpaired) electrons. The molecule has 1 nitrogen and oxygen atoms in total. The quantitative estimate of drug-likeness (QED) is 0.262. The topological polar surface area (TPSA) is 20.2 Å². The molecule has 0 aromatic carbocycles. The molecule has 0 heterocycles. The second-order valence-corrected chi connectivity index (χ2v) is 22.8. The Morgan fingerprint density at radius 1 is 0.947 bits per heavy atom. The van der Waals surface area contributed by atoms with Crippen molar-refractivity contribution in [3.05, 3.63) is 7.67 Å². The van der Waals surface area contributed by atoms with Crippen LogP contribution in [0.4, 0.5) is 0 Å². The average molecular weight is 487 g/mol. The summed E-state index contributed by atoms with van der Waals surface area (Å²) >= 11 is 0.528. The molecule has 0 rings (SSSR count). The zero-order chi connectivity index (χ0) is 14.6. The van der Waals surface area contributed by atoms with Gasteiger partial charge in [0, 0.05) is 0 Å². The first-order valence-corrected chi connectivity index (χ1v) is 16.7. The van der Waals surface area contributed by atoms with Gasteiger partial charge in [-0.2, -0.15) is 0 Å². The summed E-state index contributed by atoms with van der Waals surface area (Å²) in [5, 5.41) is 9.08. The van der Waals surface area contributed by atoms with Gasteiger partial charge < -0.3 is 0 Å². The Morgan fingerprint density at radius 3 is 1.68 bits per heavy atom. The van der Waals surface area contributed by atoms with E-state index >= 15 is 0 Å². The monoisotopic (exact) mass is 488 g/mol. The van der Waals surface area contributed by atoms with Gasteiger partial charge in [0.1, 0.15) is 0 Å². The molecule has 0 unspecified atom stereocenters. The van der Waals surface area contributed by atoms with E-state index in [9.17, 15) is 0 Å². The second-order valence-electron chi connectivity index (χ2n) is 5.66. The van der Waals surface area contributed by atoms with Crippen molar-refractivity contribution < 1.29 is 5.11 Å². The van der Waals surface area contributed by atoms with Crippen molar-refractivity contribution in [2.45, 2.75) is 79.0 Å². The van der Waals surface area contributed by atoms with Gasteiger partial charge in [-0.05, 0) is 0 Å². The number of unbranched alkanes of at least 4 members (excludes halogenated alkanes) is 3. The van der Waals surface area contributed by atoms with Gasteiger partial charge >= 0.3 is 139 Å². The zero-order valence-corrected chi connectivity index (χ0v) is 18.2. The van der Waals surface area contributed by atoms with E-state index in [0.717, 1.165) is 6.42 Å². The van der Waals surface area contributed by atoms with Crippen molar-refractivity contribution >= 4 is 41.0 Å². The summed E-state index contributed by atoms with van der Waals surface area (Å²) < 4.78 is 6.32. The maximum absolute atomic E-state index is 9.08. The summed E-state index contributed by atoms with van der Waals surface area (Å²) in [5.41, 5.74) is 0. The van der Waals surface area contributed by atoms with Crippen LogP contribution in [-0.4, -0.2) is 30.1 Å². The van der Waals surface area contributed by atoms with Crippen molar-refractivity contribution in [2.24, 2.45) is 0 Å². The summed E-state index contributed by atoms with van der Waals surface area (Å²) in [5.74, 6) is 0. The van der Waals surface area contributed by atoms with E-state index < -0.39 is 18.4 Å². The van der Waals surface area contributed by atoms with Crippen LogP contribution >= 0.6 is 22.6 Å². The number of hydrogen-bond donors (Lipinski definition) is 1. The van der Waals surface area contributed by atoms with Gasteiger partial charge in [0.2, 0.25) is 0 Å². The second kappa shape index (κ2) is 12.9. The predicted molar refractivity (Wildman–Crippen MR) is 98.7 cm³/mol. The first-order valence-electron chi connectivity index (χ1n) is 8.13. The molecule has 1 N–H and O–H groups in total. The molecule has 0 aliphatic heterocycles. The van der Waals surface area contributed by atoms with Crippen molar-refractivity contribution in [3.8, 4) is 0 Å². The molecule has 0 aliphatic rings. The molecule has 0 amide bonds. The molecule has 0 spiro atoms. The number of aliphatic hydroxyl groups is 1. The third kappa shape index (κ3) is 8.30. The molecular formula is C16H33IOSn. The first kappa shape index (κ1) is 20.2. The van der Waals surface area contributed by atoms with Gasteiger partial charge in [0.15, 0.2) is 0 Å². The number of hydrogen-bond acceptors (Lipinski definition) is 1. The summed E-state index contributed by atoms with van der Waals surface area (Å²) in [6.07, 6.45) is 11.5. The van der Waals surface area contributed by atoms with E-state index in [2.05, 4.69) is 49.4 Å². The minimum absolute atomic E-state index is 0.309. The fraction of sp³-hybridized carbons (Fsp3) is 0.875. The third-order valence-electron chi connectivity index (χ3n) is 3.99. The van der Waals surface area contributed by atoms with E-state index in [1.807, 2.05) is 0 Å². The Bertz CT molecular complexity index is 219. The van der Waals surface area contributed by atoms with Crippen molar-refractivity contribution in [1.82, 2.24) is 0 Å². The molecule has 114 valence electrons. The van der Waals surface area contributed by atoms with Gasteiger partial charge in [-0.25, -0.2) is 0 Å². The predicted octanol–water partition coefficient (Wildman–Crippen LogP) is 6.08. The Balaban J connectivity index is 4.95. The van der Waals surface area contributed by atoms with Crippen LogP contribution in [0.25, 0.3) is 0 Å². The van der Waals surface area contributed by atoms with E-state index in [1.165, 1.54) is 51.8 Å². The SMILES string of the molecule is CCC[CH2][Sn]([CH2]CCC)([CH2]CCC)/[C](I)=C/CCO. The van der Waals surface area contributed by atoms with Crippen LogP contribution in [0.1, 0.15) is 65.7 Å². The molecule has 0 aromatic heterocycles. The molecule has 19 heavy (non-hydrogen) atoms. The summed E-state index contributed by atoms with van der Waals surface area (Å²) in [6, 6.07) is 0. The Morgan fingerprint density at radius 2 is 1.37 bits per heavy atom. The van der Waals surface area contributed by atoms with Crippen molar-refractivity contribution in [3.63, 3.8) is 0 Å². The zero-order valence-electron chi connectivity index (χ0n) is 13.2. The Hall–Kier alpha value is 1.23. The van der Waals surface area contributed by atoms with E-state index in [4.69, 9.17) is 5.11 Å². The van der Waals surface area contributed by atoms with Gasteiger partial charge in [-0.1, -0.05) is 0 Å². The average Bonchev–Trinajstić information content (AvgIpc) is 2.44. The van der Waals surface area contributed by atoms with Gasteiger partial charge in [-0.3, -0.25) is 0 Å². The van der Waals surface area contributed by atoms with Gasteiger partial charge in [-0.15, -0.1) is 0 Å². The fourth-order valence-electron chi connectivity index (χ4n) is 2.69. The van der Waals surface area contributed by atoms with Crippen LogP contribution in [0, 0.1) is 0 Å². The molecule has 0 atom stereocenters. The summed E-state index contributed by atoms with van der Waals surface area (Å²) in [7, 11) is 0. The standard InChI is InChI=1S/C4H6IO.3C4H9.Sn/c5-3-1-2-4-6;3*1-3-4-2;/h1,6H,2,4H2;3*1,3-4H2,2H3;. The van der Waals surface area contributed by atoms with Crippen LogP contribution < -0.4 is 0 Å². The first-order chi connectivity index (χ1) is 9.16. The molecule has 0 aliphatic carbocycles. The van der Waals surface area contributed by atoms with Gasteiger partial charge in [0.05, 0.1) is 0 Å². The fourth-order valence-corrected chi connectivity index (χ4v) is 23.1. The van der Waals surface area contributed by atoms with Crippen LogP contribution in [0.5, 0.6) is 0 Å². The van der Waals surface area contributed by atoms with Crippen molar-refractivity contribution in [2.75, 3.05) is 6.61 Å². The van der Waals surface area contributed by atoms with E-state index in [1.54, 1.807) is 1.60 Å². The van der Waals surface area contributed by atoms with E-state index in [-0.39, 0.29) is 0 Å². The van der Waals surface area contributed by atoms with Crippen molar-refractivity contribution in [1.29, 1.82) is 0 Å². The molecule has 0 bridgehead atoms. The number of halogens is 1. The van der Waals surface area contributed by atoms with Crippen LogP contribution in [-0.2, 0) is 0 Å². The van der Waals surface area contributed by atoms with Gasteiger partial charge in [0.25, 0.3) is 0 Å². The Labute approximate surface area is 138 Å². The molecule has 0 saturated carbocycles. The Kier molecular flexibility index (Phi) is 13.8. The molecular weight excluding hydrogens is 454 g/mol. The van der Waals surface area contributed by atoms with Crippen LogP contribution in [0.2, 0.25) is 13.3 Å². The number of aliphatic hydroxyl groups excluding tert-OH is 1. The number of rotatable bonds is 12. The molecule has 3 heteroatoms. The summed E-state index contributed by atoms with van der Waals surface area (Å²) in [6.45, 7) is 7.27. The molecule has 0 saturated heterocycles.